The molecule has 0 aromatic heterocycles. The van der Waals surface area contributed by atoms with Crippen molar-refractivity contribution in [1.29, 1.82) is 0 Å². The third kappa shape index (κ3) is 29.0. The molecule has 15 heteroatoms. The number of hydrogen-bond donors (Lipinski definition) is 3. The molecule has 14 nitrogen and oxygen atoms in total. The molecule has 3 N–H and O–H groups in total. The van der Waals surface area contributed by atoms with Gasteiger partial charge in [0.15, 0.2) is 0 Å². The number of methoxy groups -OCH3 is 1. The number of aliphatic hydroxyl groups excluding tert-OH is 1. The lowest BCUT2D eigenvalue weighted by atomic mass is 10.1. The van der Waals surface area contributed by atoms with Crippen molar-refractivity contribution < 1.29 is 55.7 Å². The molecular weight excluding hydrogens is 1130 g/mol. The number of nitrogens with one attached hydrogen (secondary N) is 2. The van der Waals surface area contributed by atoms with E-state index >= 15 is 0 Å². The average Bonchev–Trinajstić information content (AvgIpc) is 3.71. The maximum Gasteiger partial charge on any atom is 0.264 e. The lowest BCUT2D eigenvalue weighted by Gasteiger charge is -2.21. The fraction of sp³-hybridized carbons (Fsp3) is 0.315. The number of carbonyl (C=O) groups excluding carboxylic acids is 2. The van der Waals surface area contributed by atoms with E-state index in [0.717, 1.165) is 68.0 Å². The van der Waals surface area contributed by atoms with Crippen LogP contribution in [-0.2, 0) is 90.2 Å². The molecule has 0 spiro atoms. The van der Waals surface area contributed by atoms with Gasteiger partial charge in [0.05, 0.1) is 77.3 Å². The van der Waals surface area contributed by atoms with E-state index in [1.54, 1.807) is 14.0 Å². The Hall–Kier alpha value is -8.15. The van der Waals surface area contributed by atoms with Crippen LogP contribution in [0.25, 0.3) is 0 Å². The number of hydrogen-bond acceptors (Lipinski definition) is 12. The Bertz CT molecular complexity index is 3290. The van der Waals surface area contributed by atoms with Crippen molar-refractivity contribution in [3.63, 3.8) is 0 Å². The number of benzene rings is 8. The lowest BCUT2D eigenvalue weighted by molar-refractivity contribution is -0.123. The molecule has 0 bridgehead atoms. The van der Waals surface area contributed by atoms with Crippen LogP contribution in [0, 0.1) is 6.92 Å². The molecule has 2 unspecified atom stereocenters. The van der Waals surface area contributed by atoms with Crippen molar-refractivity contribution in [2.24, 2.45) is 0 Å². The van der Waals surface area contributed by atoms with Gasteiger partial charge in [-0.2, -0.15) is 8.42 Å². The SMILES string of the molecule is COc1ccc(COC(C)COS(C)(=O)=O)cc1.Cc1ccc(COC(C)COC[C@H](Cc2ccc(OCc3ccccc3)cc2)NC(=O)CCc2ccccc2)cc1.O=C(CCc1ccccc1)N[C@H](CO)Cc1ccc(OCc2ccccc2)cc1. The summed E-state index contributed by atoms with van der Waals surface area (Å²) in [6, 6.07) is 71.4. The Morgan fingerprint density at radius 2 is 0.807 bits per heavy atom. The van der Waals surface area contributed by atoms with E-state index < -0.39 is 10.1 Å². The number of carbonyl (C=O) groups is 2. The first kappa shape index (κ1) is 69.0. The van der Waals surface area contributed by atoms with E-state index in [1.165, 1.54) is 5.56 Å². The molecular formula is C73H86N2O12S. The van der Waals surface area contributed by atoms with Gasteiger partial charge in [-0.25, -0.2) is 0 Å². The molecule has 8 rings (SSSR count). The normalized spacial score (nSPS) is 12.3. The van der Waals surface area contributed by atoms with E-state index in [0.29, 0.717) is 78.2 Å². The highest BCUT2D eigenvalue weighted by molar-refractivity contribution is 7.86. The van der Waals surface area contributed by atoms with Gasteiger partial charge in [-0.3, -0.25) is 13.8 Å². The van der Waals surface area contributed by atoms with Gasteiger partial charge in [-0.15, -0.1) is 0 Å². The summed E-state index contributed by atoms with van der Waals surface area (Å²) in [7, 11) is -1.80. The highest BCUT2D eigenvalue weighted by Crippen LogP contribution is 2.19. The van der Waals surface area contributed by atoms with Crippen LogP contribution in [-0.4, -0.2) is 89.4 Å². The van der Waals surface area contributed by atoms with Crippen molar-refractivity contribution in [3.05, 3.63) is 268 Å². The summed E-state index contributed by atoms with van der Waals surface area (Å²) >= 11 is 0. The Kier molecular flexibility index (Phi) is 30.5. The number of amides is 2. The Morgan fingerprint density at radius 1 is 0.443 bits per heavy atom. The number of aryl methyl sites for hydroxylation is 3. The van der Waals surface area contributed by atoms with Gasteiger partial charge in [0.2, 0.25) is 11.8 Å². The molecule has 0 saturated carbocycles. The molecule has 88 heavy (non-hydrogen) atoms. The minimum absolute atomic E-state index is 0.0222. The zero-order valence-electron chi connectivity index (χ0n) is 51.3. The Balaban J connectivity index is 0.000000228. The highest BCUT2D eigenvalue weighted by Gasteiger charge is 2.17. The topological polar surface area (TPSA) is 177 Å². The first-order valence-corrected chi connectivity index (χ1v) is 31.6. The Morgan fingerprint density at radius 3 is 1.23 bits per heavy atom. The molecule has 0 radical (unpaired) electrons. The van der Waals surface area contributed by atoms with Crippen molar-refractivity contribution in [1.82, 2.24) is 10.6 Å². The smallest absolute Gasteiger partial charge is 0.264 e. The summed E-state index contributed by atoms with van der Waals surface area (Å²) in [5.41, 5.74) is 10.0. The second-order valence-electron chi connectivity index (χ2n) is 21.5. The monoisotopic (exact) mass is 1210 g/mol. The fourth-order valence-electron chi connectivity index (χ4n) is 8.79. The van der Waals surface area contributed by atoms with E-state index in [9.17, 15) is 23.1 Å². The maximum absolute atomic E-state index is 12.9. The summed E-state index contributed by atoms with van der Waals surface area (Å²) in [6.45, 7) is 8.63. The quantitative estimate of drug-likeness (QED) is 0.0332. The summed E-state index contributed by atoms with van der Waals surface area (Å²) in [6.07, 6.45) is 4.14. The first-order chi connectivity index (χ1) is 42.7. The fourth-order valence-corrected chi connectivity index (χ4v) is 9.23. The number of ether oxygens (including phenoxy) is 6. The molecule has 466 valence electrons. The molecule has 8 aromatic rings. The zero-order chi connectivity index (χ0) is 62.6. The van der Waals surface area contributed by atoms with E-state index in [-0.39, 0.29) is 49.3 Å². The molecule has 0 aliphatic heterocycles. The molecule has 0 heterocycles. The molecule has 8 aromatic carbocycles. The van der Waals surface area contributed by atoms with Gasteiger partial charge in [0.25, 0.3) is 10.1 Å². The van der Waals surface area contributed by atoms with Gasteiger partial charge >= 0.3 is 0 Å². The van der Waals surface area contributed by atoms with Crippen LogP contribution in [0.5, 0.6) is 17.2 Å². The maximum atomic E-state index is 12.9. The van der Waals surface area contributed by atoms with Crippen LogP contribution in [0.4, 0.5) is 0 Å². The molecule has 0 aliphatic carbocycles. The highest BCUT2D eigenvalue weighted by atomic mass is 32.2. The van der Waals surface area contributed by atoms with Gasteiger partial charge in [-0.1, -0.05) is 188 Å². The second-order valence-corrected chi connectivity index (χ2v) is 23.2. The van der Waals surface area contributed by atoms with Crippen molar-refractivity contribution in [2.75, 3.05) is 39.8 Å². The molecule has 0 fully saturated rings. The van der Waals surface area contributed by atoms with E-state index in [4.69, 9.17) is 28.4 Å². The lowest BCUT2D eigenvalue weighted by Crippen LogP contribution is -2.40. The van der Waals surface area contributed by atoms with Crippen LogP contribution < -0.4 is 24.8 Å². The molecule has 2 amide bonds. The van der Waals surface area contributed by atoms with Crippen LogP contribution >= 0.6 is 0 Å². The minimum atomic E-state index is -3.41. The van der Waals surface area contributed by atoms with Gasteiger partial charge in [-0.05, 0) is 127 Å². The number of rotatable bonds is 33. The van der Waals surface area contributed by atoms with Crippen LogP contribution in [0.2, 0.25) is 0 Å². The summed E-state index contributed by atoms with van der Waals surface area (Å²) in [4.78, 5) is 25.1. The van der Waals surface area contributed by atoms with Crippen molar-refractivity contribution in [2.45, 2.75) is 110 Å². The van der Waals surface area contributed by atoms with Crippen LogP contribution in [0.15, 0.2) is 218 Å². The van der Waals surface area contributed by atoms with E-state index in [2.05, 4.69) is 58.1 Å². The largest absolute Gasteiger partial charge is 0.497 e. The average molecular weight is 1220 g/mol. The van der Waals surface area contributed by atoms with Gasteiger partial charge < -0.3 is 44.2 Å². The predicted octanol–water partition coefficient (Wildman–Crippen LogP) is 12.4. The number of aliphatic hydroxyl groups is 1. The van der Waals surface area contributed by atoms with Gasteiger partial charge in [0.1, 0.15) is 30.5 Å². The minimum Gasteiger partial charge on any atom is -0.497 e. The van der Waals surface area contributed by atoms with E-state index in [1.807, 2.05) is 189 Å². The first-order valence-electron chi connectivity index (χ1n) is 29.8. The van der Waals surface area contributed by atoms with Gasteiger partial charge in [0, 0.05) is 12.8 Å². The third-order valence-corrected chi connectivity index (χ3v) is 14.3. The standard InChI is InChI=1S/C36H41NO4.C25H27NO3.C12H18O5S/c1-28-13-15-33(16-14-28)25-40-29(2)24-39-27-34(37-36(38)22-19-30-9-5-3-6-10-30)23-31-17-20-35(21-18-31)41-26-32-11-7-4-8-12-32;27-18-23(26-25(28)16-13-20-7-3-1-4-8-20)17-21-11-14-24(15-12-21)29-19-22-9-5-2-6-10-22;1-10(8-17-18(3,13)14)16-9-11-4-6-12(15-2)7-5-11/h3-18,20-21,29,34H,19,22-27H2,1-2H3,(H,37,38);1-12,14-15,23,27H,13,16-19H2,(H,26,28);4-7,10H,8-9H2,1-3H3/t29?,34-;23-;/m00./s1. The molecule has 4 atom stereocenters. The summed E-state index contributed by atoms with van der Waals surface area (Å²) in [5, 5.41) is 15.8. The second kappa shape index (κ2) is 38.9. The van der Waals surface area contributed by atoms with Crippen LogP contribution in [0.3, 0.4) is 0 Å². The zero-order valence-corrected chi connectivity index (χ0v) is 52.2. The summed E-state index contributed by atoms with van der Waals surface area (Å²) in [5.74, 6) is 2.37. The van der Waals surface area contributed by atoms with Crippen molar-refractivity contribution >= 4 is 21.9 Å². The summed E-state index contributed by atoms with van der Waals surface area (Å²) < 4.78 is 60.5. The van der Waals surface area contributed by atoms with Crippen molar-refractivity contribution in [3.8, 4) is 17.2 Å². The Labute approximate surface area is 521 Å². The van der Waals surface area contributed by atoms with Crippen LogP contribution in [0.1, 0.15) is 76.8 Å². The molecule has 0 saturated heterocycles. The predicted molar refractivity (Wildman–Crippen MR) is 347 cm³/mol. The molecule has 0 aliphatic rings. The third-order valence-electron chi connectivity index (χ3n) is 13.8.